The SMILES string of the molecule is CCC(C(=O)Nc1sc(C(=O)NCCNC(=O)[C@H](NC(=O)[C@H](NC(=O)[C@H](N)C(C)C)C(C)C)C(C)C)c(C)c1C)c1ccc(F)cc1. The van der Waals surface area contributed by atoms with Gasteiger partial charge in [0.1, 0.15) is 17.9 Å². The van der Waals surface area contributed by atoms with E-state index in [9.17, 15) is 28.4 Å². The zero-order valence-electron chi connectivity index (χ0n) is 28.9. The number of hydrogen-bond donors (Lipinski definition) is 6. The van der Waals surface area contributed by atoms with Gasteiger partial charge in [-0.1, -0.05) is 60.6 Å². The van der Waals surface area contributed by atoms with Gasteiger partial charge in [-0.3, -0.25) is 24.0 Å². The summed E-state index contributed by atoms with van der Waals surface area (Å²) in [5.41, 5.74) is 8.15. The number of amides is 5. The second-order valence-electron chi connectivity index (χ2n) is 12.8. The van der Waals surface area contributed by atoms with Crippen molar-refractivity contribution < 1.29 is 28.4 Å². The minimum absolute atomic E-state index is 0.108. The Balaban J connectivity index is 1.98. The number of carbonyl (C=O) groups is 5. The molecule has 260 valence electrons. The van der Waals surface area contributed by atoms with Crippen LogP contribution in [0.3, 0.4) is 0 Å². The van der Waals surface area contributed by atoms with Crippen LogP contribution in [0.4, 0.5) is 9.39 Å². The Bertz CT molecular complexity index is 1410. The normalized spacial score (nSPS) is 13.9. The number of benzene rings is 1. The molecule has 2 aromatic rings. The maximum atomic E-state index is 13.4. The number of nitrogens with one attached hydrogen (secondary N) is 5. The average molecular weight is 675 g/mol. The van der Waals surface area contributed by atoms with Crippen LogP contribution in [0.25, 0.3) is 0 Å². The lowest BCUT2D eigenvalue weighted by atomic mass is 9.95. The summed E-state index contributed by atoms with van der Waals surface area (Å²) in [5, 5.41) is 14.5. The first-order valence-corrected chi connectivity index (χ1v) is 16.9. The molecule has 0 spiro atoms. The van der Waals surface area contributed by atoms with Crippen molar-refractivity contribution in [3.63, 3.8) is 0 Å². The van der Waals surface area contributed by atoms with Crippen LogP contribution < -0.4 is 32.3 Å². The highest BCUT2D eigenvalue weighted by Crippen LogP contribution is 2.33. The van der Waals surface area contributed by atoms with E-state index in [1.165, 1.54) is 12.1 Å². The molecule has 0 saturated heterocycles. The first-order chi connectivity index (χ1) is 22.0. The van der Waals surface area contributed by atoms with Gasteiger partial charge >= 0.3 is 0 Å². The molecule has 0 radical (unpaired) electrons. The van der Waals surface area contributed by atoms with Crippen molar-refractivity contribution in [2.24, 2.45) is 23.5 Å². The summed E-state index contributed by atoms with van der Waals surface area (Å²) in [6.07, 6.45) is 0.517. The quantitative estimate of drug-likeness (QED) is 0.148. The highest BCUT2D eigenvalue weighted by Gasteiger charge is 2.32. The molecule has 0 aliphatic heterocycles. The third-order valence-corrected chi connectivity index (χ3v) is 9.42. The van der Waals surface area contributed by atoms with Gasteiger partial charge in [0.25, 0.3) is 5.91 Å². The van der Waals surface area contributed by atoms with E-state index >= 15 is 0 Å². The lowest BCUT2D eigenvalue weighted by Gasteiger charge is -2.28. The van der Waals surface area contributed by atoms with Crippen LogP contribution >= 0.6 is 11.3 Å². The topological polar surface area (TPSA) is 172 Å². The van der Waals surface area contributed by atoms with Gasteiger partial charge in [-0.05, 0) is 66.8 Å². The van der Waals surface area contributed by atoms with Gasteiger partial charge in [0.15, 0.2) is 0 Å². The predicted molar refractivity (Wildman–Crippen MR) is 184 cm³/mol. The Morgan fingerprint density at radius 2 is 1.28 bits per heavy atom. The number of nitrogens with two attached hydrogens (primary N) is 1. The molecule has 7 N–H and O–H groups in total. The fourth-order valence-corrected chi connectivity index (χ4v) is 5.95. The minimum Gasteiger partial charge on any atom is -0.353 e. The summed E-state index contributed by atoms with van der Waals surface area (Å²) in [4.78, 5) is 65.3. The monoisotopic (exact) mass is 674 g/mol. The molecule has 5 amide bonds. The van der Waals surface area contributed by atoms with Crippen LogP contribution in [0.2, 0.25) is 0 Å². The molecule has 47 heavy (non-hydrogen) atoms. The molecule has 11 nitrogen and oxygen atoms in total. The fraction of sp³-hybridized carbons (Fsp3) is 0.559. The van der Waals surface area contributed by atoms with E-state index in [-0.39, 0.29) is 48.5 Å². The summed E-state index contributed by atoms with van der Waals surface area (Å²) < 4.78 is 13.4. The maximum Gasteiger partial charge on any atom is 0.261 e. The molecule has 1 aromatic heterocycles. The van der Waals surface area contributed by atoms with Crippen molar-refractivity contribution in [1.29, 1.82) is 0 Å². The molecule has 0 bridgehead atoms. The molecule has 0 aliphatic carbocycles. The van der Waals surface area contributed by atoms with Crippen LogP contribution in [0.15, 0.2) is 24.3 Å². The maximum absolute atomic E-state index is 13.4. The van der Waals surface area contributed by atoms with E-state index < -0.39 is 41.8 Å². The average Bonchev–Trinajstić information content (AvgIpc) is 3.29. The van der Waals surface area contributed by atoms with E-state index in [2.05, 4.69) is 26.6 Å². The van der Waals surface area contributed by atoms with Crippen molar-refractivity contribution in [2.75, 3.05) is 18.4 Å². The smallest absolute Gasteiger partial charge is 0.261 e. The van der Waals surface area contributed by atoms with Crippen molar-refractivity contribution >= 4 is 45.9 Å². The lowest BCUT2D eigenvalue weighted by Crippen LogP contribution is -2.59. The number of anilines is 1. The number of hydrogen-bond acceptors (Lipinski definition) is 7. The molecule has 0 fully saturated rings. The van der Waals surface area contributed by atoms with Crippen molar-refractivity contribution in [2.45, 2.75) is 92.8 Å². The molecule has 1 aromatic carbocycles. The van der Waals surface area contributed by atoms with Gasteiger partial charge in [0.05, 0.1) is 21.8 Å². The van der Waals surface area contributed by atoms with Crippen LogP contribution in [0, 0.1) is 37.4 Å². The number of thiophene rings is 1. The van der Waals surface area contributed by atoms with Gasteiger partial charge < -0.3 is 32.3 Å². The Morgan fingerprint density at radius 3 is 1.81 bits per heavy atom. The molecule has 13 heteroatoms. The molecular weight excluding hydrogens is 623 g/mol. The van der Waals surface area contributed by atoms with E-state index in [1.54, 1.807) is 46.8 Å². The van der Waals surface area contributed by atoms with Crippen molar-refractivity contribution in [1.82, 2.24) is 21.3 Å². The Morgan fingerprint density at radius 1 is 0.745 bits per heavy atom. The predicted octanol–water partition coefficient (Wildman–Crippen LogP) is 3.75. The van der Waals surface area contributed by atoms with Crippen LogP contribution in [-0.4, -0.2) is 60.8 Å². The van der Waals surface area contributed by atoms with Crippen LogP contribution in [0.1, 0.15) is 87.2 Å². The Kier molecular flexibility index (Phi) is 15.0. The van der Waals surface area contributed by atoms with Gasteiger partial charge in [-0.15, -0.1) is 11.3 Å². The standard InChI is InChI=1S/C34H51FN6O5S/c1-10-24(22-11-13-23(35)14-12-22)29(42)41-34-21(9)20(8)28(47-34)33(46)38-16-15-37-31(44)26(18(4)5)40-32(45)27(19(6)7)39-30(43)25(36)17(2)3/h11-14,17-19,24-27H,10,15-16,36H2,1-9H3,(H,37,44)(H,38,46)(H,39,43)(H,40,45)(H,41,42)/t24?,25-,26-,27-/m1/s1. The van der Waals surface area contributed by atoms with Gasteiger partial charge in [0, 0.05) is 13.1 Å². The fourth-order valence-electron chi connectivity index (χ4n) is 4.82. The van der Waals surface area contributed by atoms with E-state index in [1.807, 2.05) is 27.7 Å². The third-order valence-electron chi connectivity index (χ3n) is 8.11. The van der Waals surface area contributed by atoms with Gasteiger partial charge in [0.2, 0.25) is 23.6 Å². The minimum atomic E-state index is -0.872. The summed E-state index contributed by atoms with van der Waals surface area (Å²) in [7, 11) is 0. The van der Waals surface area contributed by atoms with E-state index in [0.717, 1.165) is 22.5 Å². The second kappa shape index (κ2) is 17.9. The van der Waals surface area contributed by atoms with Crippen molar-refractivity contribution in [3.05, 3.63) is 51.7 Å². The summed E-state index contributed by atoms with van der Waals surface area (Å²) in [6, 6.07) is 3.33. The van der Waals surface area contributed by atoms with Gasteiger partial charge in [-0.25, -0.2) is 4.39 Å². The number of halogens is 1. The zero-order valence-corrected chi connectivity index (χ0v) is 29.7. The molecule has 4 atom stereocenters. The van der Waals surface area contributed by atoms with Crippen LogP contribution in [-0.2, 0) is 19.2 Å². The highest BCUT2D eigenvalue weighted by atomic mass is 32.1. The molecule has 2 rings (SSSR count). The Hall–Kier alpha value is -3.84. The molecule has 0 aliphatic rings. The number of rotatable bonds is 16. The highest BCUT2D eigenvalue weighted by molar-refractivity contribution is 7.18. The summed E-state index contributed by atoms with van der Waals surface area (Å²) >= 11 is 1.16. The Labute approximate surface area is 281 Å². The lowest BCUT2D eigenvalue weighted by molar-refractivity contribution is -0.134. The van der Waals surface area contributed by atoms with Crippen LogP contribution in [0.5, 0.6) is 0 Å². The molecular formula is C34H51FN6O5S. The summed E-state index contributed by atoms with van der Waals surface area (Å²) in [6.45, 7) is 16.6. The van der Waals surface area contributed by atoms with Gasteiger partial charge in [-0.2, -0.15) is 0 Å². The molecule has 1 unspecified atom stereocenters. The van der Waals surface area contributed by atoms with E-state index in [0.29, 0.717) is 21.9 Å². The third kappa shape index (κ3) is 10.9. The molecule has 0 saturated carbocycles. The first-order valence-electron chi connectivity index (χ1n) is 16.1. The van der Waals surface area contributed by atoms with E-state index in [4.69, 9.17) is 5.73 Å². The largest absolute Gasteiger partial charge is 0.353 e. The van der Waals surface area contributed by atoms with Crippen molar-refractivity contribution in [3.8, 4) is 0 Å². The number of carbonyl (C=O) groups excluding carboxylic acids is 5. The molecule has 1 heterocycles. The second-order valence-corrected chi connectivity index (χ2v) is 13.8. The first kappa shape index (κ1) is 39.3. The summed E-state index contributed by atoms with van der Waals surface area (Å²) in [5.74, 6) is -3.39. The zero-order chi connectivity index (χ0) is 35.6.